The van der Waals surface area contributed by atoms with E-state index in [1.807, 2.05) is 36.6 Å². The Hall–Kier alpha value is -3.83. The van der Waals surface area contributed by atoms with Crippen LogP contribution in [0.5, 0.6) is 0 Å². The van der Waals surface area contributed by atoms with Crippen molar-refractivity contribution in [1.29, 1.82) is 0 Å². The molecule has 0 saturated heterocycles. The van der Waals surface area contributed by atoms with E-state index < -0.39 is 48.4 Å². The van der Waals surface area contributed by atoms with Crippen molar-refractivity contribution in [3.05, 3.63) is 71.9 Å². The molecule has 0 bridgehead atoms. The first-order valence-corrected chi connectivity index (χ1v) is 13.6. The lowest BCUT2D eigenvalue weighted by Gasteiger charge is -2.24. The van der Waals surface area contributed by atoms with E-state index in [0.29, 0.717) is 12.2 Å². The highest BCUT2D eigenvalue weighted by Gasteiger charge is 2.29. The molecule has 202 valence electrons. The second-order valence-electron chi connectivity index (χ2n) is 8.88. The summed E-state index contributed by atoms with van der Waals surface area (Å²) < 4.78 is 0. The summed E-state index contributed by atoms with van der Waals surface area (Å²) in [5.74, 6) is -2.19. The number of thioether (sulfide) groups is 1. The second-order valence-corrected chi connectivity index (χ2v) is 9.86. The summed E-state index contributed by atoms with van der Waals surface area (Å²) in [6, 6.07) is 13.8. The lowest BCUT2D eigenvalue weighted by molar-refractivity contribution is -0.138. The minimum atomic E-state index is -1.20. The maximum absolute atomic E-state index is 13.5. The molecule has 2 aromatic carbocycles. The zero-order valence-electron chi connectivity index (χ0n) is 21.1. The number of nitrogens with two attached hydrogens (primary N) is 1. The number of aliphatic carboxylic acids is 1. The number of fused-ring (bicyclic) bond motifs is 1. The first-order chi connectivity index (χ1) is 18.3. The highest BCUT2D eigenvalue weighted by Crippen LogP contribution is 2.19. The fourth-order valence-electron chi connectivity index (χ4n) is 4.00. The Morgan fingerprint density at radius 2 is 1.58 bits per heavy atom. The number of H-pyrrole nitrogens is 1. The Morgan fingerprint density at radius 1 is 0.921 bits per heavy atom. The Balaban J connectivity index is 1.84. The number of hydrogen-bond acceptors (Lipinski definition) is 6. The Bertz CT molecular complexity index is 1250. The summed E-state index contributed by atoms with van der Waals surface area (Å²) >= 11 is 1.57. The minimum Gasteiger partial charge on any atom is -0.480 e. The van der Waals surface area contributed by atoms with Gasteiger partial charge in [0.05, 0.1) is 6.04 Å². The molecule has 1 heterocycles. The lowest BCUT2D eigenvalue weighted by Crippen LogP contribution is -2.57. The van der Waals surface area contributed by atoms with E-state index in [4.69, 9.17) is 10.8 Å². The van der Waals surface area contributed by atoms with Gasteiger partial charge in [-0.1, -0.05) is 48.5 Å². The molecule has 0 radical (unpaired) electrons. The molecule has 7 N–H and O–H groups in total. The van der Waals surface area contributed by atoms with Crippen LogP contribution in [0.3, 0.4) is 0 Å². The maximum Gasteiger partial charge on any atom is 0.322 e. The molecule has 38 heavy (non-hydrogen) atoms. The van der Waals surface area contributed by atoms with E-state index in [1.165, 1.54) is 0 Å². The molecular weight excluding hydrogens is 506 g/mol. The van der Waals surface area contributed by atoms with Gasteiger partial charge < -0.3 is 31.8 Å². The van der Waals surface area contributed by atoms with E-state index in [0.717, 1.165) is 22.0 Å². The molecule has 3 rings (SSSR count). The normalized spacial score (nSPS) is 13.3. The molecule has 0 aliphatic rings. The number of hydrogen-bond donors (Lipinski definition) is 6. The SMILES string of the molecule is CSCCC(N)C(=O)NC(Cc1c[nH]c2ccccc12)C(=O)NC(Cc1ccccc1)C(=O)NCC(=O)O. The van der Waals surface area contributed by atoms with Crippen LogP contribution < -0.4 is 21.7 Å². The lowest BCUT2D eigenvalue weighted by atomic mass is 10.0. The number of carboxylic acids is 1. The summed E-state index contributed by atoms with van der Waals surface area (Å²) in [5, 5.41) is 17.7. The third-order valence-corrected chi connectivity index (χ3v) is 6.68. The highest BCUT2D eigenvalue weighted by atomic mass is 32.2. The molecule has 0 saturated carbocycles. The van der Waals surface area contributed by atoms with Gasteiger partial charge >= 0.3 is 5.97 Å². The fraction of sp³-hybridized carbons (Fsp3) is 0.333. The van der Waals surface area contributed by atoms with Crippen LogP contribution in [0.15, 0.2) is 60.8 Å². The molecule has 3 amide bonds. The van der Waals surface area contributed by atoms with Crippen molar-refractivity contribution in [2.75, 3.05) is 18.6 Å². The molecule has 1 aromatic heterocycles. The smallest absolute Gasteiger partial charge is 0.322 e. The van der Waals surface area contributed by atoms with Crippen molar-refractivity contribution >= 4 is 46.4 Å². The number of rotatable bonds is 14. The Labute approximate surface area is 225 Å². The Kier molecular flexibility index (Phi) is 10.7. The van der Waals surface area contributed by atoms with Crippen molar-refractivity contribution in [1.82, 2.24) is 20.9 Å². The predicted molar refractivity (Wildman–Crippen MR) is 148 cm³/mol. The minimum absolute atomic E-state index is 0.138. The molecule has 0 aliphatic carbocycles. The van der Waals surface area contributed by atoms with Gasteiger partial charge in [0.15, 0.2) is 0 Å². The van der Waals surface area contributed by atoms with Crippen molar-refractivity contribution in [2.24, 2.45) is 5.73 Å². The fourth-order valence-corrected chi connectivity index (χ4v) is 4.49. The molecule has 0 fully saturated rings. The summed E-state index contributed by atoms with van der Waals surface area (Å²) in [4.78, 5) is 53.4. The number of benzene rings is 2. The van der Waals surface area contributed by atoms with Crippen LogP contribution in [0.2, 0.25) is 0 Å². The quantitative estimate of drug-likeness (QED) is 0.179. The third-order valence-electron chi connectivity index (χ3n) is 6.03. The first kappa shape index (κ1) is 28.7. The van der Waals surface area contributed by atoms with Crippen molar-refractivity contribution in [3.63, 3.8) is 0 Å². The summed E-state index contributed by atoms with van der Waals surface area (Å²) in [6.45, 7) is -0.584. The Morgan fingerprint density at radius 3 is 2.29 bits per heavy atom. The van der Waals surface area contributed by atoms with Crippen LogP contribution in [-0.2, 0) is 32.0 Å². The molecule has 3 atom stereocenters. The average molecular weight is 540 g/mol. The number of nitrogens with one attached hydrogen (secondary N) is 4. The van der Waals surface area contributed by atoms with E-state index in [2.05, 4.69) is 20.9 Å². The van der Waals surface area contributed by atoms with Crippen LogP contribution >= 0.6 is 11.8 Å². The van der Waals surface area contributed by atoms with Crippen molar-refractivity contribution in [2.45, 2.75) is 37.4 Å². The average Bonchev–Trinajstić information content (AvgIpc) is 3.32. The van der Waals surface area contributed by atoms with Crippen LogP contribution in [0, 0.1) is 0 Å². The third kappa shape index (κ3) is 8.35. The van der Waals surface area contributed by atoms with Crippen LogP contribution in [0.25, 0.3) is 10.9 Å². The summed E-state index contributed by atoms with van der Waals surface area (Å²) in [5.41, 5.74) is 8.53. The second kappa shape index (κ2) is 14.2. The molecule has 3 aromatic rings. The topological polar surface area (TPSA) is 166 Å². The van der Waals surface area contributed by atoms with Crippen LogP contribution in [0.1, 0.15) is 17.5 Å². The number of carbonyl (C=O) groups excluding carboxylic acids is 3. The van der Waals surface area contributed by atoms with Gasteiger partial charge in [0.25, 0.3) is 0 Å². The van der Waals surface area contributed by atoms with Gasteiger partial charge in [-0.3, -0.25) is 19.2 Å². The number of aromatic amines is 1. The molecule has 3 unspecified atom stereocenters. The molecule has 11 heteroatoms. The molecular formula is C27H33N5O5S. The predicted octanol–water partition coefficient (Wildman–Crippen LogP) is 1.20. The van der Waals surface area contributed by atoms with Crippen molar-refractivity contribution < 1.29 is 24.3 Å². The van der Waals surface area contributed by atoms with E-state index in [9.17, 15) is 19.2 Å². The number of carboxylic acid groups (broad SMARTS) is 1. The van der Waals surface area contributed by atoms with Crippen LogP contribution in [-0.4, -0.2) is 70.5 Å². The van der Waals surface area contributed by atoms with Gasteiger partial charge in [-0.15, -0.1) is 0 Å². The summed E-state index contributed by atoms with van der Waals surface area (Å²) in [6.07, 6.45) is 4.44. The van der Waals surface area contributed by atoms with E-state index in [1.54, 1.807) is 42.2 Å². The van der Waals surface area contributed by atoms with Crippen molar-refractivity contribution in [3.8, 4) is 0 Å². The van der Waals surface area contributed by atoms with Gasteiger partial charge in [0.1, 0.15) is 18.6 Å². The monoisotopic (exact) mass is 539 g/mol. The number of carbonyl (C=O) groups is 4. The van der Waals surface area contributed by atoms with Gasteiger partial charge in [-0.05, 0) is 35.6 Å². The number of amides is 3. The molecule has 0 aliphatic heterocycles. The largest absolute Gasteiger partial charge is 0.480 e. The number of para-hydroxylation sites is 1. The first-order valence-electron chi connectivity index (χ1n) is 12.2. The van der Waals surface area contributed by atoms with Gasteiger partial charge in [0, 0.05) is 29.9 Å². The van der Waals surface area contributed by atoms with Gasteiger partial charge in [-0.25, -0.2) is 0 Å². The zero-order valence-corrected chi connectivity index (χ0v) is 21.9. The number of aromatic nitrogens is 1. The highest BCUT2D eigenvalue weighted by molar-refractivity contribution is 7.98. The standard InChI is InChI=1S/C27H33N5O5S/c1-38-12-11-20(28)25(35)31-23(14-18-15-29-21-10-6-5-9-19(18)21)27(37)32-22(26(36)30-16-24(33)34)13-17-7-3-2-4-8-17/h2-10,15,20,22-23,29H,11-14,16,28H2,1H3,(H,30,36)(H,31,35)(H,32,37)(H,33,34). The zero-order chi connectivity index (χ0) is 27.5. The van der Waals surface area contributed by atoms with Gasteiger partial charge in [0.2, 0.25) is 17.7 Å². The molecule has 0 spiro atoms. The summed E-state index contributed by atoms with van der Waals surface area (Å²) in [7, 11) is 0. The van der Waals surface area contributed by atoms with Crippen LogP contribution in [0.4, 0.5) is 0 Å². The van der Waals surface area contributed by atoms with Gasteiger partial charge in [-0.2, -0.15) is 11.8 Å². The van der Waals surface area contributed by atoms with E-state index in [-0.39, 0.29) is 12.8 Å². The maximum atomic E-state index is 13.5. The van der Waals surface area contributed by atoms with E-state index >= 15 is 0 Å². The molecule has 10 nitrogen and oxygen atoms in total.